The molecule has 32 heavy (non-hydrogen) atoms. The summed E-state index contributed by atoms with van der Waals surface area (Å²) in [6.45, 7) is 4.61. The van der Waals surface area contributed by atoms with Gasteiger partial charge in [0.2, 0.25) is 0 Å². The number of benzene rings is 2. The summed E-state index contributed by atoms with van der Waals surface area (Å²) in [7, 11) is 0. The van der Waals surface area contributed by atoms with Gasteiger partial charge in [-0.2, -0.15) is 0 Å². The van der Waals surface area contributed by atoms with Gasteiger partial charge in [0.05, 0.1) is 16.7 Å². The Labute approximate surface area is 184 Å². The van der Waals surface area contributed by atoms with Gasteiger partial charge >= 0.3 is 0 Å². The minimum Gasteiger partial charge on any atom is -0.296 e. The third-order valence-electron chi connectivity index (χ3n) is 5.86. The topological polar surface area (TPSA) is 65.6 Å². The van der Waals surface area contributed by atoms with Crippen LogP contribution in [-0.4, -0.2) is 24.1 Å². The maximum Gasteiger partial charge on any atom is 0.265 e. The zero-order valence-electron chi connectivity index (χ0n) is 18.2. The zero-order chi connectivity index (χ0) is 22.2. The van der Waals surface area contributed by atoms with Crippen molar-refractivity contribution in [3.63, 3.8) is 0 Å². The van der Waals surface area contributed by atoms with E-state index >= 15 is 0 Å². The first-order valence-electron chi connectivity index (χ1n) is 11.0. The van der Waals surface area contributed by atoms with Crippen molar-refractivity contribution < 1.29 is 4.39 Å². The average Bonchev–Trinajstić information content (AvgIpc) is 3.09. The monoisotopic (exact) mass is 429 g/mol. The van der Waals surface area contributed by atoms with Gasteiger partial charge in [-0.15, -0.1) is 0 Å². The fourth-order valence-electron chi connectivity index (χ4n) is 4.25. The lowest BCUT2D eigenvalue weighted by Crippen LogP contribution is -2.24. The minimum absolute atomic E-state index is 0.131. The van der Waals surface area contributed by atoms with Crippen LogP contribution >= 0.6 is 0 Å². The zero-order valence-corrected chi connectivity index (χ0v) is 18.2. The summed E-state index contributed by atoms with van der Waals surface area (Å²) in [4.78, 5) is 28.0. The predicted octanol–water partition coefficient (Wildman–Crippen LogP) is 5.31. The van der Waals surface area contributed by atoms with Crippen molar-refractivity contribution in [2.45, 2.75) is 46.1 Å². The normalized spacial score (nSPS) is 11.7. The van der Waals surface area contributed by atoms with E-state index in [9.17, 15) is 9.18 Å². The van der Waals surface area contributed by atoms with Crippen LogP contribution in [0.15, 0.2) is 53.3 Å². The first-order chi connectivity index (χ1) is 15.6. The largest absolute Gasteiger partial charge is 0.296 e. The number of aryl methyl sites for hydroxylation is 1. The second kappa shape index (κ2) is 8.15. The summed E-state index contributed by atoms with van der Waals surface area (Å²) in [6.07, 6.45) is 4.25. The second-order valence-electron chi connectivity index (χ2n) is 8.07. The van der Waals surface area contributed by atoms with Gasteiger partial charge in [-0.1, -0.05) is 44.4 Å². The Balaban J connectivity index is 1.85. The number of rotatable bonds is 6. The first kappa shape index (κ1) is 20.3. The quantitative estimate of drug-likeness (QED) is 0.343. The molecule has 0 aliphatic heterocycles. The molecule has 162 valence electrons. The number of halogens is 1. The van der Waals surface area contributed by atoms with E-state index in [-0.39, 0.29) is 11.4 Å². The molecule has 0 saturated carbocycles. The molecule has 3 heterocycles. The molecule has 0 saturated heterocycles. The highest BCUT2D eigenvalue weighted by atomic mass is 19.1. The molecular formula is C25H24FN5O. The lowest BCUT2D eigenvalue weighted by molar-refractivity contribution is 0.556. The lowest BCUT2D eigenvalue weighted by Gasteiger charge is -2.11. The molecule has 7 heteroatoms. The van der Waals surface area contributed by atoms with E-state index in [1.807, 2.05) is 31.2 Å². The van der Waals surface area contributed by atoms with Crippen LogP contribution in [0.25, 0.3) is 38.9 Å². The fourth-order valence-corrected chi connectivity index (χ4v) is 4.25. The number of para-hydroxylation sites is 2. The number of unbranched alkanes of at least 4 members (excludes halogenated alkanes) is 3. The molecule has 0 bridgehead atoms. The molecule has 0 spiro atoms. The van der Waals surface area contributed by atoms with Crippen LogP contribution in [0.4, 0.5) is 4.39 Å². The van der Waals surface area contributed by atoms with E-state index in [2.05, 4.69) is 6.92 Å². The summed E-state index contributed by atoms with van der Waals surface area (Å²) in [5.41, 5.74) is 3.27. The summed E-state index contributed by atoms with van der Waals surface area (Å²) in [5.74, 6) is 0.260. The Morgan fingerprint density at radius 1 is 0.906 bits per heavy atom. The summed E-state index contributed by atoms with van der Waals surface area (Å²) in [5, 5.41) is 0.420. The summed E-state index contributed by atoms with van der Waals surface area (Å²) >= 11 is 0. The van der Waals surface area contributed by atoms with Gasteiger partial charge in [0.15, 0.2) is 11.3 Å². The minimum atomic E-state index is -0.368. The number of fused-ring (bicyclic) bond motifs is 4. The molecule has 5 aromatic rings. The molecule has 0 fully saturated rings. The van der Waals surface area contributed by atoms with E-state index in [0.29, 0.717) is 51.3 Å². The van der Waals surface area contributed by atoms with Crippen LogP contribution in [-0.2, 0) is 6.54 Å². The van der Waals surface area contributed by atoms with Gasteiger partial charge in [-0.05, 0) is 43.7 Å². The van der Waals surface area contributed by atoms with Gasteiger partial charge in [0.1, 0.15) is 22.5 Å². The van der Waals surface area contributed by atoms with Crippen molar-refractivity contribution >= 4 is 33.2 Å². The molecule has 0 aliphatic carbocycles. The van der Waals surface area contributed by atoms with Gasteiger partial charge in [0, 0.05) is 6.54 Å². The Hall–Kier alpha value is -3.61. The van der Waals surface area contributed by atoms with Crippen molar-refractivity contribution in [2.75, 3.05) is 0 Å². The van der Waals surface area contributed by atoms with Crippen molar-refractivity contribution in [3.8, 4) is 5.69 Å². The molecule has 0 radical (unpaired) electrons. The molecular weight excluding hydrogens is 405 g/mol. The van der Waals surface area contributed by atoms with Crippen LogP contribution in [0.1, 0.15) is 38.4 Å². The van der Waals surface area contributed by atoms with Crippen LogP contribution < -0.4 is 5.56 Å². The maximum absolute atomic E-state index is 14.1. The highest BCUT2D eigenvalue weighted by molar-refractivity contribution is 6.05. The molecule has 6 nitrogen and oxygen atoms in total. The van der Waals surface area contributed by atoms with E-state index < -0.39 is 0 Å². The van der Waals surface area contributed by atoms with Crippen LogP contribution in [0.2, 0.25) is 0 Å². The Morgan fingerprint density at radius 2 is 1.69 bits per heavy atom. The van der Waals surface area contributed by atoms with E-state index in [1.54, 1.807) is 21.3 Å². The molecule has 2 aromatic carbocycles. The molecule has 0 N–H and O–H groups in total. The van der Waals surface area contributed by atoms with Crippen molar-refractivity contribution in [2.24, 2.45) is 0 Å². The Bertz CT molecular complexity index is 1520. The van der Waals surface area contributed by atoms with Crippen LogP contribution in [0.3, 0.4) is 0 Å². The van der Waals surface area contributed by atoms with Crippen molar-refractivity contribution in [3.05, 3.63) is 70.5 Å². The lowest BCUT2D eigenvalue weighted by atomic mass is 10.2. The van der Waals surface area contributed by atoms with Crippen molar-refractivity contribution in [1.29, 1.82) is 0 Å². The third kappa shape index (κ3) is 3.34. The van der Waals surface area contributed by atoms with Gasteiger partial charge in [-0.3, -0.25) is 13.9 Å². The average molecular weight is 429 g/mol. The van der Waals surface area contributed by atoms with E-state index in [0.717, 1.165) is 25.7 Å². The molecule has 0 unspecified atom stereocenters. The molecule has 5 rings (SSSR count). The van der Waals surface area contributed by atoms with Gasteiger partial charge < -0.3 is 0 Å². The summed E-state index contributed by atoms with van der Waals surface area (Å²) < 4.78 is 17.6. The SMILES string of the molecule is CCCCCCn1c(C)nc2c(c1=O)c1nc3ccccc3nc1n2-c1cccc(F)c1. The number of hydrogen-bond acceptors (Lipinski definition) is 4. The predicted molar refractivity (Wildman–Crippen MR) is 125 cm³/mol. The first-order valence-corrected chi connectivity index (χ1v) is 11.0. The van der Waals surface area contributed by atoms with E-state index in [4.69, 9.17) is 15.0 Å². The number of aromatic nitrogens is 5. The Morgan fingerprint density at radius 3 is 2.44 bits per heavy atom. The highest BCUT2D eigenvalue weighted by Gasteiger charge is 2.22. The second-order valence-corrected chi connectivity index (χ2v) is 8.07. The van der Waals surface area contributed by atoms with Crippen LogP contribution in [0, 0.1) is 12.7 Å². The standard InChI is InChI=1S/C25H24FN5O/c1-3-4-5-8-14-30-16(2)27-23-21(25(30)32)22-24(29-20-13-7-6-12-19(20)28-22)31(23)18-11-9-10-17(26)15-18/h6-7,9-13,15H,3-5,8,14H2,1-2H3. The summed E-state index contributed by atoms with van der Waals surface area (Å²) in [6, 6.07) is 13.8. The Kier molecular flexibility index (Phi) is 5.17. The number of nitrogens with zero attached hydrogens (tertiary/aromatic N) is 5. The van der Waals surface area contributed by atoms with Gasteiger partial charge in [0.25, 0.3) is 5.56 Å². The number of hydrogen-bond donors (Lipinski definition) is 0. The molecule has 0 aliphatic rings. The van der Waals surface area contributed by atoms with Crippen molar-refractivity contribution in [1.82, 2.24) is 24.1 Å². The smallest absolute Gasteiger partial charge is 0.265 e. The maximum atomic E-state index is 14.1. The molecule has 3 aromatic heterocycles. The van der Waals surface area contributed by atoms with Crippen LogP contribution in [0.5, 0.6) is 0 Å². The van der Waals surface area contributed by atoms with E-state index in [1.165, 1.54) is 12.1 Å². The fraction of sp³-hybridized carbons (Fsp3) is 0.280. The van der Waals surface area contributed by atoms with Gasteiger partial charge in [-0.25, -0.2) is 19.3 Å². The molecule has 0 atom stereocenters. The molecule has 0 amide bonds. The third-order valence-corrected chi connectivity index (χ3v) is 5.86. The highest BCUT2D eigenvalue weighted by Crippen LogP contribution is 2.29.